The maximum Gasteiger partial charge on any atom is 0.307 e. The van der Waals surface area contributed by atoms with E-state index >= 15 is 0 Å². The van der Waals surface area contributed by atoms with Crippen molar-refractivity contribution >= 4 is 16.9 Å². The largest absolute Gasteiger partial charge is 0.498 e. The monoisotopic (exact) mass is 289 g/mol. The first-order valence-corrected chi connectivity index (χ1v) is 6.43. The van der Waals surface area contributed by atoms with Crippen molar-refractivity contribution in [2.75, 3.05) is 13.2 Å². The Labute approximate surface area is 120 Å². The van der Waals surface area contributed by atoms with Gasteiger partial charge in [0.15, 0.2) is 0 Å². The van der Waals surface area contributed by atoms with Crippen LogP contribution in [-0.2, 0) is 20.8 Å². The summed E-state index contributed by atoms with van der Waals surface area (Å²) in [5.41, 5.74) is 0.256. The molecule has 1 aromatic heterocycles. The van der Waals surface area contributed by atoms with Gasteiger partial charge in [-0.1, -0.05) is 23.9 Å². The molecule has 0 fully saturated rings. The number of ether oxygens (including phenoxy) is 2. The number of esters is 1. The average molecular weight is 289 g/mol. The van der Waals surface area contributed by atoms with Crippen LogP contribution in [-0.4, -0.2) is 34.2 Å². The molecule has 2 rings (SSSR count). The molecule has 0 saturated heterocycles. The fourth-order valence-corrected chi connectivity index (χ4v) is 1.73. The molecule has 1 aromatic carbocycles. The number of hydrogen-bond donors (Lipinski definition) is 0. The van der Waals surface area contributed by atoms with Gasteiger partial charge in [0, 0.05) is 0 Å². The number of nitrogens with zero attached hydrogens (tertiary/aromatic N) is 3. The first-order valence-electron chi connectivity index (χ1n) is 6.43. The SMILES string of the molecule is C=COCCOC(=O)CCn1nnc2ccccc2c1=O. The lowest BCUT2D eigenvalue weighted by molar-refractivity contribution is -0.145. The van der Waals surface area contributed by atoms with Gasteiger partial charge < -0.3 is 9.47 Å². The van der Waals surface area contributed by atoms with Crippen LogP contribution in [0.25, 0.3) is 10.9 Å². The summed E-state index contributed by atoms with van der Waals surface area (Å²) in [4.78, 5) is 23.6. The highest BCUT2D eigenvalue weighted by Gasteiger charge is 2.08. The third-order valence-electron chi connectivity index (χ3n) is 2.74. The Bertz CT molecular complexity index is 696. The van der Waals surface area contributed by atoms with Gasteiger partial charge in [-0.05, 0) is 12.1 Å². The Morgan fingerprint density at radius 1 is 1.33 bits per heavy atom. The molecule has 2 aromatic rings. The van der Waals surface area contributed by atoms with Gasteiger partial charge in [0.25, 0.3) is 5.56 Å². The van der Waals surface area contributed by atoms with Crippen LogP contribution in [0.2, 0.25) is 0 Å². The minimum absolute atomic E-state index is 0.0427. The van der Waals surface area contributed by atoms with Crippen LogP contribution in [0.4, 0.5) is 0 Å². The molecule has 7 nitrogen and oxygen atoms in total. The fraction of sp³-hybridized carbons (Fsp3) is 0.286. The van der Waals surface area contributed by atoms with Crippen molar-refractivity contribution in [2.45, 2.75) is 13.0 Å². The van der Waals surface area contributed by atoms with Gasteiger partial charge in [0.2, 0.25) is 0 Å². The minimum Gasteiger partial charge on any atom is -0.498 e. The minimum atomic E-state index is -0.426. The van der Waals surface area contributed by atoms with E-state index in [0.29, 0.717) is 10.9 Å². The lowest BCUT2D eigenvalue weighted by Gasteiger charge is -2.06. The highest BCUT2D eigenvalue weighted by Crippen LogP contribution is 2.03. The van der Waals surface area contributed by atoms with Crippen molar-refractivity contribution in [3.8, 4) is 0 Å². The van der Waals surface area contributed by atoms with Crippen LogP contribution in [0.3, 0.4) is 0 Å². The zero-order valence-corrected chi connectivity index (χ0v) is 11.4. The Morgan fingerprint density at radius 3 is 2.95 bits per heavy atom. The normalized spacial score (nSPS) is 10.3. The molecule has 7 heteroatoms. The second-order valence-corrected chi connectivity index (χ2v) is 4.14. The van der Waals surface area contributed by atoms with E-state index in [1.807, 2.05) is 0 Å². The quantitative estimate of drug-likeness (QED) is 0.427. The second kappa shape index (κ2) is 7.18. The summed E-state index contributed by atoms with van der Waals surface area (Å²) in [5, 5.41) is 8.21. The van der Waals surface area contributed by atoms with Crippen LogP contribution < -0.4 is 5.56 Å². The Hall–Kier alpha value is -2.70. The van der Waals surface area contributed by atoms with Crippen LogP contribution in [0, 0.1) is 0 Å². The number of aromatic nitrogens is 3. The van der Waals surface area contributed by atoms with E-state index in [4.69, 9.17) is 9.47 Å². The standard InChI is InChI=1S/C14H15N3O4/c1-2-20-9-10-21-13(18)7-8-17-14(19)11-5-3-4-6-12(11)15-16-17/h2-6H,1,7-10H2. The lowest BCUT2D eigenvalue weighted by Crippen LogP contribution is -2.26. The number of benzene rings is 1. The smallest absolute Gasteiger partial charge is 0.307 e. The third-order valence-corrected chi connectivity index (χ3v) is 2.74. The summed E-state index contributed by atoms with van der Waals surface area (Å²) < 4.78 is 10.9. The van der Waals surface area contributed by atoms with Crippen LogP contribution in [0.1, 0.15) is 6.42 Å². The first kappa shape index (κ1) is 14.7. The predicted molar refractivity (Wildman–Crippen MR) is 75.5 cm³/mol. The molecule has 21 heavy (non-hydrogen) atoms. The summed E-state index contributed by atoms with van der Waals surface area (Å²) in [6.07, 6.45) is 1.32. The average Bonchev–Trinajstić information content (AvgIpc) is 2.51. The maximum absolute atomic E-state index is 12.1. The molecular weight excluding hydrogens is 274 g/mol. The third kappa shape index (κ3) is 3.88. The van der Waals surface area contributed by atoms with Crippen molar-refractivity contribution in [3.63, 3.8) is 0 Å². The Balaban J connectivity index is 1.94. The number of carbonyl (C=O) groups is 1. The van der Waals surface area contributed by atoms with Crippen LogP contribution >= 0.6 is 0 Å². The van der Waals surface area contributed by atoms with Gasteiger partial charge in [-0.25, -0.2) is 4.68 Å². The molecular formula is C14H15N3O4. The molecule has 0 atom stereocenters. The fourth-order valence-electron chi connectivity index (χ4n) is 1.73. The van der Waals surface area contributed by atoms with Gasteiger partial charge in [-0.2, -0.15) is 0 Å². The van der Waals surface area contributed by atoms with Gasteiger partial charge >= 0.3 is 5.97 Å². The molecule has 0 unspecified atom stereocenters. The highest BCUT2D eigenvalue weighted by atomic mass is 16.6. The van der Waals surface area contributed by atoms with E-state index < -0.39 is 5.97 Å². The molecule has 0 amide bonds. The van der Waals surface area contributed by atoms with Crippen molar-refractivity contribution in [2.24, 2.45) is 0 Å². The van der Waals surface area contributed by atoms with Gasteiger partial charge in [0.1, 0.15) is 18.7 Å². The van der Waals surface area contributed by atoms with E-state index in [-0.39, 0.29) is 31.7 Å². The maximum atomic E-state index is 12.1. The van der Waals surface area contributed by atoms with Gasteiger partial charge in [-0.3, -0.25) is 9.59 Å². The summed E-state index contributed by atoms with van der Waals surface area (Å²) in [5.74, 6) is -0.426. The van der Waals surface area contributed by atoms with Crippen molar-refractivity contribution in [1.82, 2.24) is 15.0 Å². The number of aryl methyl sites for hydroxylation is 1. The van der Waals surface area contributed by atoms with E-state index in [1.165, 1.54) is 6.26 Å². The molecule has 0 aliphatic carbocycles. The molecule has 0 radical (unpaired) electrons. The number of fused-ring (bicyclic) bond motifs is 1. The van der Waals surface area contributed by atoms with Gasteiger partial charge in [0.05, 0.1) is 24.6 Å². The number of hydrogen-bond acceptors (Lipinski definition) is 6. The van der Waals surface area contributed by atoms with Crippen molar-refractivity contribution in [3.05, 3.63) is 47.5 Å². The van der Waals surface area contributed by atoms with E-state index in [9.17, 15) is 9.59 Å². The lowest BCUT2D eigenvalue weighted by atomic mass is 10.2. The zero-order chi connectivity index (χ0) is 15.1. The number of carbonyl (C=O) groups excluding carboxylic acids is 1. The molecule has 110 valence electrons. The van der Waals surface area contributed by atoms with Crippen LogP contribution in [0.5, 0.6) is 0 Å². The molecule has 0 N–H and O–H groups in total. The van der Waals surface area contributed by atoms with Crippen molar-refractivity contribution in [1.29, 1.82) is 0 Å². The van der Waals surface area contributed by atoms with E-state index in [0.717, 1.165) is 4.68 Å². The summed E-state index contributed by atoms with van der Waals surface area (Å²) in [6, 6.07) is 6.92. The Morgan fingerprint density at radius 2 is 2.14 bits per heavy atom. The van der Waals surface area contributed by atoms with Crippen LogP contribution in [0.15, 0.2) is 41.9 Å². The molecule has 1 heterocycles. The van der Waals surface area contributed by atoms with E-state index in [2.05, 4.69) is 16.9 Å². The van der Waals surface area contributed by atoms with Gasteiger partial charge in [-0.15, -0.1) is 5.10 Å². The highest BCUT2D eigenvalue weighted by molar-refractivity contribution is 5.76. The van der Waals surface area contributed by atoms with E-state index in [1.54, 1.807) is 24.3 Å². The summed E-state index contributed by atoms with van der Waals surface area (Å²) in [7, 11) is 0. The zero-order valence-electron chi connectivity index (χ0n) is 11.4. The molecule has 0 aliphatic rings. The van der Waals surface area contributed by atoms with Crippen molar-refractivity contribution < 1.29 is 14.3 Å². The summed E-state index contributed by atoms with van der Waals surface area (Å²) in [6.45, 7) is 3.89. The first-order chi connectivity index (χ1) is 10.2. The number of rotatable bonds is 7. The predicted octanol–water partition coefficient (Wildman–Crippen LogP) is 0.885. The topological polar surface area (TPSA) is 83.3 Å². The molecule has 0 bridgehead atoms. The second-order valence-electron chi connectivity index (χ2n) is 4.14. The molecule has 0 spiro atoms. The Kier molecular flexibility index (Phi) is 5.03. The molecule has 0 aliphatic heterocycles. The molecule has 0 saturated carbocycles. The summed E-state index contributed by atoms with van der Waals surface area (Å²) >= 11 is 0.